The van der Waals surface area contributed by atoms with Gasteiger partial charge in [-0.05, 0) is 48.9 Å². The molecule has 3 unspecified atom stereocenters. The lowest BCUT2D eigenvalue weighted by Gasteiger charge is -2.30. The van der Waals surface area contributed by atoms with Crippen LogP contribution in [0.5, 0.6) is 0 Å². The van der Waals surface area contributed by atoms with Crippen LogP contribution in [0.25, 0.3) is 33.5 Å². The Labute approximate surface area is 217 Å². The van der Waals surface area contributed by atoms with Crippen molar-refractivity contribution in [1.82, 2.24) is 33.3 Å². The van der Waals surface area contributed by atoms with Gasteiger partial charge in [0.25, 0.3) is 0 Å². The molecule has 0 radical (unpaired) electrons. The number of ether oxygens (including phenoxy) is 1. The summed E-state index contributed by atoms with van der Waals surface area (Å²) in [7, 11) is 6.24. The molecule has 2 aliphatic rings. The number of likely N-dealkylation sites (tertiary alicyclic amines) is 1. The minimum absolute atomic E-state index is 0.0526. The van der Waals surface area contributed by atoms with Gasteiger partial charge >= 0.3 is 5.69 Å². The van der Waals surface area contributed by atoms with Crippen molar-refractivity contribution in [3.8, 4) is 11.3 Å². The molecular formula is C26H33N8O2P. The molecule has 2 fully saturated rings. The van der Waals surface area contributed by atoms with Gasteiger partial charge in [0.05, 0.1) is 11.0 Å². The largest absolute Gasteiger partial charge is 0.474 e. The van der Waals surface area contributed by atoms with Gasteiger partial charge in [-0.3, -0.25) is 13.5 Å². The molecule has 37 heavy (non-hydrogen) atoms. The van der Waals surface area contributed by atoms with Crippen molar-refractivity contribution >= 4 is 37.5 Å². The Balaban J connectivity index is 1.33. The summed E-state index contributed by atoms with van der Waals surface area (Å²) in [5.74, 6) is 2.46. The predicted octanol–water partition coefficient (Wildman–Crippen LogP) is 2.98. The summed E-state index contributed by atoms with van der Waals surface area (Å²) in [5.41, 5.74) is 4.61. The number of hydrogen-bond acceptors (Lipinski definition) is 7. The molecule has 4 aromatic rings. The average Bonchev–Trinajstić information content (AvgIpc) is 3.57. The van der Waals surface area contributed by atoms with Crippen LogP contribution in [0.1, 0.15) is 20.8 Å². The second kappa shape index (κ2) is 8.31. The predicted molar refractivity (Wildman–Crippen MR) is 148 cm³/mol. The van der Waals surface area contributed by atoms with Crippen LogP contribution in [0.4, 0.5) is 5.95 Å². The van der Waals surface area contributed by atoms with Gasteiger partial charge in [-0.2, -0.15) is 4.98 Å². The molecule has 1 aromatic carbocycles. The van der Waals surface area contributed by atoms with E-state index in [0.717, 1.165) is 65.5 Å². The highest BCUT2D eigenvalue weighted by molar-refractivity contribution is 7.14. The topological polar surface area (TPSA) is 86.2 Å². The third-order valence-corrected chi connectivity index (χ3v) is 7.88. The molecule has 0 saturated carbocycles. The van der Waals surface area contributed by atoms with Gasteiger partial charge in [-0.15, -0.1) is 0 Å². The van der Waals surface area contributed by atoms with Crippen LogP contribution in [0.15, 0.2) is 41.8 Å². The molecule has 11 heteroatoms. The monoisotopic (exact) mass is 520 g/mol. The highest BCUT2D eigenvalue weighted by Crippen LogP contribution is 2.37. The summed E-state index contributed by atoms with van der Waals surface area (Å²) in [4.78, 5) is 31.6. The Hall–Kier alpha value is -3.39. The number of rotatable bonds is 4. The number of aromatic nitrogens is 6. The molecule has 0 N–H and O–H groups in total. The molecule has 0 spiro atoms. The molecular weight excluding hydrogens is 487 g/mol. The first-order valence-electron chi connectivity index (χ1n) is 12.5. The van der Waals surface area contributed by atoms with E-state index in [4.69, 9.17) is 14.7 Å². The van der Waals surface area contributed by atoms with Gasteiger partial charge in [0.2, 0.25) is 5.95 Å². The van der Waals surface area contributed by atoms with Crippen molar-refractivity contribution in [1.29, 1.82) is 0 Å². The number of imidazole rings is 2. The minimum Gasteiger partial charge on any atom is -0.474 e. The summed E-state index contributed by atoms with van der Waals surface area (Å²) in [6.07, 6.45) is 1.74. The smallest absolute Gasteiger partial charge is 0.328 e. The van der Waals surface area contributed by atoms with E-state index in [-0.39, 0.29) is 11.3 Å². The molecule has 2 aliphatic heterocycles. The van der Waals surface area contributed by atoms with Crippen LogP contribution in [-0.2, 0) is 18.8 Å². The van der Waals surface area contributed by atoms with Crippen molar-refractivity contribution in [2.24, 2.45) is 25.9 Å². The number of aryl methyl sites for hydroxylation is 2. The van der Waals surface area contributed by atoms with Crippen LogP contribution in [0.3, 0.4) is 0 Å². The van der Waals surface area contributed by atoms with Crippen LogP contribution in [0, 0.1) is 11.8 Å². The molecule has 2 saturated heterocycles. The molecule has 3 aromatic heterocycles. The minimum atomic E-state index is -0.253. The first-order valence-corrected chi connectivity index (χ1v) is 13.1. The second-order valence-corrected chi connectivity index (χ2v) is 11.8. The van der Waals surface area contributed by atoms with Crippen molar-refractivity contribution in [3.05, 3.63) is 47.5 Å². The number of benzene rings is 1. The van der Waals surface area contributed by atoms with Crippen molar-refractivity contribution < 1.29 is 4.74 Å². The number of anilines is 1. The van der Waals surface area contributed by atoms with Gasteiger partial charge < -0.3 is 14.5 Å². The van der Waals surface area contributed by atoms with E-state index in [2.05, 4.69) is 30.8 Å². The van der Waals surface area contributed by atoms with Gasteiger partial charge in [-0.1, -0.05) is 6.07 Å². The first kappa shape index (κ1) is 24.0. The second-order valence-electron chi connectivity index (χ2n) is 11.2. The number of nitrogens with zero attached hydrogens (tertiary/aromatic N) is 8. The van der Waals surface area contributed by atoms with Gasteiger partial charge in [-0.25, -0.2) is 14.8 Å². The molecule has 10 nitrogen and oxygen atoms in total. The van der Waals surface area contributed by atoms with Crippen molar-refractivity contribution in [2.45, 2.75) is 26.4 Å². The highest BCUT2D eigenvalue weighted by Gasteiger charge is 2.42. The molecule has 0 bridgehead atoms. The van der Waals surface area contributed by atoms with E-state index >= 15 is 0 Å². The van der Waals surface area contributed by atoms with Crippen molar-refractivity contribution in [3.63, 3.8) is 0 Å². The molecule has 194 valence electrons. The quantitative estimate of drug-likeness (QED) is 0.302. The maximum absolute atomic E-state index is 12.5. The summed E-state index contributed by atoms with van der Waals surface area (Å²) in [6.45, 7) is 13.9. The Bertz CT molecular complexity index is 1600. The van der Waals surface area contributed by atoms with Gasteiger partial charge in [0, 0.05) is 57.7 Å². The summed E-state index contributed by atoms with van der Waals surface area (Å²) >= 11 is 0. The van der Waals surface area contributed by atoms with Gasteiger partial charge in [0.1, 0.15) is 23.1 Å². The van der Waals surface area contributed by atoms with E-state index in [0.29, 0.717) is 17.8 Å². The lowest BCUT2D eigenvalue weighted by atomic mass is 10.0. The lowest BCUT2D eigenvalue weighted by molar-refractivity contribution is 0.00729. The first-order chi connectivity index (χ1) is 17.5. The highest BCUT2D eigenvalue weighted by atomic mass is 31.0. The van der Waals surface area contributed by atoms with Crippen LogP contribution in [0.2, 0.25) is 0 Å². The van der Waals surface area contributed by atoms with Crippen LogP contribution in [-0.4, -0.2) is 65.1 Å². The fourth-order valence-corrected chi connectivity index (χ4v) is 5.93. The number of hydrogen-bond donors (Lipinski definition) is 0. The third kappa shape index (κ3) is 3.98. The fourth-order valence-electron chi connectivity index (χ4n) is 5.68. The van der Waals surface area contributed by atoms with E-state index in [1.54, 1.807) is 29.6 Å². The van der Waals surface area contributed by atoms with Crippen LogP contribution >= 0.6 is 9.39 Å². The van der Waals surface area contributed by atoms with Crippen LogP contribution < -0.4 is 10.6 Å². The Kier molecular flexibility index (Phi) is 5.39. The van der Waals surface area contributed by atoms with E-state index in [9.17, 15) is 4.79 Å². The standard InChI is InChI=1S/C26H33N8O2P/c1-15(36-26(2,3)4)32-10-17-12-33(13-18(17)11-32)24-28-21(22-23(29-24)34(37)14-27-22)16-7-8-19-20(9-16)31(6)25(35)30(19)5/h7-9,14,17-18H,1,10-13,37H2,2-6H3. The maximum atomic E-state index is 12.5. The zero-order valence-corrected chi connectivity index (χ0v) is 23.1. The molecule has 0 amide bonds. The Morgan fingerprint density at radius 1 is 1.05 bits per heavy atom. The van der Waals surface area contributed by atoms with Gasteiger partial charge in [0.15, 0.2) is 11.5 Å². The summed E-state index contributed by atoms with van der Waals surface area (Å²) < 4.78 is 11.2. The number of fused-ring (bicyclic) bond motifs is 3. The fraction of sp³-hybridized carbons (Fsp3) is 0.462. The van der Waals surface area contributed by atoms with E-state index in [1.165, 1.54) is 0 Å². The van der Waals surface area contributed by atoms with E-state index < -0.39 is 0 Å². The normalized spacial score (nSPS) is 19.8. The summed E-state index contributed by atoms with van der Waals surface area (Å²) in [6, 6.07) is 5.99. The zero-order valence-electron chi connectivity index (χ0n) is 22.0. The Morgan fingerprint density at radius 3 is 2.41 bits per heavy atom. The molecule has 3 atom stereocenters. The Morgan fingerprint density at radius 2 is 1.73 bits per heavy atom. The molecule has 5 heterocycles. The van der Waals surface area contributed by atoms with E-state index in [1.807, 2.05) is 43.3 Å². The third-order valence-electron chi connectivity index (χ3n) is 7.50. The lowest BCUT2D eigenvalue weighted by Crippen LogP contribution is -2.32. The zero-order chi connectivity index (χ0) is 26.2. The molecule has 6 rings (SSSR count). The summed E-state index contributed by atoms with van der Waals surface area (Å²) in [5, 5.41) is 0. The maximum Gasteiger partial charge on any atom is 0.328 e. The average molecular weight is 521 g/mol. The molecule has 0 aliphatic carbocycles. The SMILES string of the molecule is C=C(OC(C)(C)C)N1CC2CN(c3nc(-c4ccc5c(c4)n(C)c(=O)n5C)c4ncn(P)c4n3)CC2C1. The van der Waals surface area contributed by atoms with Crippen molar-refractivity contribution in [2.75, 3.05) is 31.1 Å².